The maximum Gasteiger partial charge on any atom is 0.433 e. The molecule has 1 aromatic heterocycles. The maximum absolute atomic E-state index is 12.9. The van der Waals surface area contributed by atoms with Crippen LogP contribution in [-0.2, 0) is 6.18 Å². The number of halogens is 3. The van der Waals surface area contributed by atoms with Crippen molar-refractivity contribution in [1.82, 2.24) is 9.97 Å². The number of anilines is 2. The van der Waals surface area contributed by atoms with Gasteiger partial charge in [0.25, 0.3) is 0 Å². The average Bonchev–Trinajstić information content (AvgIpc) is 2.42. The van der Waals surface area contributed by atoms with Gasteiger partial charge in [0.2, 0.25) is 5.95 Å². The van der Waals surface area contributed by atoms with Crippen molar-refractivity contribution in [3.05, 3.63) is 11.8 Å². The number of hydrogen-bond acceptors (Lipinski definition) is 4. The quantitative estimate of drug-likeness (QED) is 0.870. The number of nitrogens with zero attached hydrogens (tertiary/aromatic N) is 3. The van der Waals surface area contributed by atoms with E-state index in [9.17, 15) is 13.2 Å². The SMILES string of the molecule is CCCNc1nc(N(C)C(C)CC)cc(C(F)(F)F)n1. The molecular weight excluding hydrogens is 269 g/mol. The predicted molar refractivity (Wildman–Crippen MR) is 74.0 cm³/mol. The highest BCUT2D eigenvalue weighted by Gasteiger charge is 2.34. The largest absolute Gasteiger partial charge is 0.433 e. The standard InChI is InChI=1S/C13H21F3N4/c1-5-7-17-12-18-10(13(14,15)16)8-11(19-12)20(4)9(3)6-2/h8-9H,5-7H2,1-4H3,(H,17,18,19). The summed E-state index contributed by atoms with van der Waals surface area (Å²) in [5.41, 5.74) is -0.920. The normalized spacial score (nSPS) is 13.2. The van der Waals surface area contributed by atoms with Crippen LogP contribution < -0.4 is 10.2 Å². The Hall–Kier alpha value is -1.53. The summed E-state index contributed by atoms with van der Waals surface area (Å²) in [7, 11) is 1.74. The van der Waals surface area contributed by atoms with Crippen molar-refractivity contribution in [2.75, 3.05) is 23.8 Å². The number of aromatic nitrogens is 2. The molecule has 0 saturated carbocycles. The molecule has 0 bridgehead atoms. The Morgan fingerprint density at radius 2 is 1.95 bits per heavy atom. The van der Waals surface area contributed by atoms with Gasteiger partial charge in [0, 0.05) is 25.7 Å². The van der Waals surface area contributed by atoms with Crippen molar-refractivity contribution in [1.29, 1.82) is 0 Å². The summed E-state index contributed by atoms with van der Waals surface area (Å²) in [5.74, 6) is 0.298. The summed E-state index contributed by atoms with van der Waals surface area (Å²) < 4.78 is 38.6. The maximum atomic E-state index is 12.9. The molecule has 1 N–H and O–H groups in total. The van der Waals surface area contributed by atoms with Gasteiger partial charge in [0.1, 0.15) is 5.82 Å². The molecule has 0 spiro atoms. The van der Waals surface area contributed by atoms with E-state index >= 15 is 0 Å². The van der Waals surface area contributed by atoms with E-state index in [1.165, 1.54) is 0 Å². The lowest BCUT2D eigenvalue weighted by molar-refractivity contribution is -0.141. The van der Waals surface area contributed by atoms with E-state index in [2.05, 4.69) is 15.3 Å². The second-order valence-corrected chi connectivity index (χ2v) is 4.73. The van der Waals surface area contributed by atoms with Gasteiger partial charge in [-0.05, 0) is 19.8 Å². The lowest BCUT2D eigenvalue weighted by Gasteiger charge is -2.25. The molecule has 0 aliphatic heterocycles. The molecule has 1 unspecified atom stereocenters. The smallest absolute Gasteiger partial charge is 0.357 e. The van der Waals surface area contributed by atoms with Gasteiger partial charge in [0.05, 0.1) is 0 Å². The third-order valence-electron chi connectivity index (χ3n) is 3.15. The van der Waals surface area contributed by atoms with Gasteiger partial charge >= 0.3 is 6.18 Å². The van der Waals surface area contributed by atoms with E-state index in [1.807, 2.05) is 20.8 Å². The molecule has 0 aromatic carbocycles. The molecule has 0 fully saturated rings. The van der Waals surface area contributed by atoms with Gasteiger partial charge in [-0.25, -0.2) is 4.98 Å². The van der Waals surface area contributed by atoms with Crippen molar-refractivity contribution in [2.24, 2.45) is 0 Å². The zero-order valence-corrected chi connectivity index (χ0v) is 12.3. The zero-order chi connectivity index (χ0) is 15.3. The number of alkyl halides is 3. The van der Waals surface area contributed by atoms with Crippen LogP contribution in [0.15, 0.2) is 6.07 Å². The van der Waals surface area contributed by atoms with Crippen molar-refractivity contribution in [3.8, 4) is 0 Å². The van der Waals surface area contributed by atoms with E-state index < -0.39 is 11.9 Å². The highest BCUT2D eigenvalue weighted by molar-refractivity contribution is 5.45. The molecular formula is C13H21F3N4. The monoisotopic (exact) mass is 290 g/mol. The fraction of sp³-hybridized carbons (Fsp3) is 0.692. The highest BCUT2D eigenvalue weighted by atomic mass is 19.4. The molecule has 0 aliphatic carbocycles. The molecule has 1 heterocycles. The molecule has 4 nitrogen and oxygen atoms in total. The van der Waals surface area contributed by atoms with Gasteiger partial charge in [0.15, 0.2) is 5.69 Å². The van der Waals surface area contributed by atoms with Gasteiger partial charge in [-0.1, -0.05) is 13.8 Å². The van der Waals surface area contributed by atoms with Crippen LogP contribution in [0.4, 0.5) is 24.9 Å². The second kappa shape index (κ2) is 6.76. The minimum atomic E-state index is -4.48. The van der Waals surface area contributed by atoms with E-state index in [-0.39, 0.29) is 17.8 Å². The summed E-state index contributed by atoms with van der Waals surface area (Å²) in [5, 5.41) is 2.81. The molecule has 0 amide bonds. The van der Waals surface area contributed by atoms with Crippen LogP contribution in [-0.4, -0.2) is 29.6 Å². The Bertz CT molecular complexity index is 434. The van der Waals surface area contributed by atoms with Gasteiger partial charge < -0.3 is 10.2 Å². The molecule has 0 saturated heterocycles. The molecule has 1 atom stereocenters. The van der Waals surface area contributed by atoms with Crippen LogP contribution in [0, 0.1) is 0 Å². The first-order valence-electron chi connectivity index (χ1n) is 6.72. The summed E-state index contributed by atoms with van der Waals surface area (Å²) in [6.07, 6.45) is -2.87. The van der Waals surface area contributed by atoms with E-state index in [0.29, 0.717) is 6.54 Å². The van der Waals surface area contributed by atoms with Gasteiger partial charge in [-0.3, -0.25) is 0 Å². The van der Waals surface area contributed by atoms with Gasteiger partial charge in [-0.15, -0.1) is 0 Å². The Kier molecular flexibility index (Phi) is 5.59. The molecule has 1 aromatic rings. The summed E-state index contributed by atoms with van der Waals surface area (Å²) in [6.45, 7) is 6.37. The Labute approximate surface area is 117 Å². The molecule has 20 heavy (non-hydrogen) atoms. The summed E-state index contributed by atoms with van der Waals surface area (Å²) in [4.78, 5) is 9.42. The zero-order valence-electron chi connectivity index (χ0n) is 12.3. The fourth-order valence-electron chi connectivity index (χ4n) is 1.58. The van der Waals surface area contributed by atoms with Crippen molar-refractivity contribution < 1.29 is 13.2 Å². The van der Waals surface area contributed by atoms with E-state index in [0.717, 1.165) is 18.9 Å². The predicted octanol–water partition coefficient (Wildman–Crippen LogP) is 3.55. The Morgan fingerprint density at radius 3 is 2.45 bits per heavy atom. The van der Waals surface area contributed by atoms with Crippen LogP contribution >= 0.6 is 0 Å². The Morgan fingerprint density at radius 1 is 1.30 bits per heavy atom. The third kappa shape index (κ3) is 4.25. The second-order valence-electron chi connectivity index (χ2n) is 4.73. The fourth-order valence-corrected chi connectivity index (χ4v) is 1.58. The van der Waals surface area contributed by atoms with Crippen LogP contribution in [0.1, 0.15) is 39.3 Å². The summed E-state index contributed by atoms with van der Waals surface area (Å²) >= 11 is 0. The van der Waals surface area contributed by atoms with Gasteiger partial charge in [-0.2, -0.15) is 18.2 Å². The average molecular weight is 290 g/mol. The molecule has 1 rings (SSSR count). The van der Waals surface area contributed by atoms with Crippen LogP contribution in [0.25, 0.3) is 0 Å². The first-order chi connectivity index (χ1) is 9.29. The van der Waals surface area contributed by atoms with E-state index in [4.69, 9.17) is 0 Å². The molecule has 0 radical (unpaired) electrons. The highest BCUT2D eigenvalue weighted by Crippen LogP contribution is 2.30. The van der Waals surface area contributed by atoms with Crippen molar-refractivity contribution in [2.45, 2.75) is 45.8 Å². The molecule has 0 aliphatic rings. The van der Waals surface area contributed by atoms with Crippen molar-refractivity contribution >= 4 is 11.8 Å². The minimum Gasteiger partial charge on any atom is -0.357 e. The van der Waals surface area contributed by atoms with E-state index in [1.54, 1.807) is 11.9 Å². The molecule has 7 heteroatoms. The minimum absolute atomic E-state index is 0.0202. The summed E-state index contributed by atoms with van der Waals surface area (Å²) in [6, 6.07) is 1.09. The topological polar surface area (TPSA) is 41.1 Å². The number of rotatable bonds is 6. The first kappa shape index (κ1) is 16.5. The van der Waals surface area contributed by atoms with Crippen LogP contribution in [0.5, 0.6) is 0 Å². The lowest BCUT2D eigenvalue weighted by Crippen LogP contribution is -2.29. The number of hydrogen-bond donors (Lipinski definition) is 1. The molecule has 114 valence electrons. The third-order valence-corrected chi connectivity index (χ3v) is 3.15. The Balaban J connectivity index is 3.15. The first-order valence-corrected chi connectivity index (χ1v) is 6.72. The van der Waals surface area contributed by atoms with Crippen LogP contribution in [0.2, 0.25) is 0 Å². The van der Waals surface area contributed by atoms with Crippen LogP contribution in [0.3, 0.4) is 0 Å². The van der Waals surface area contributed by atoms with Crippen molar-refractivity contribution in [3.63, 3.8) is 0 Å². The number of nitrogens with one attached hydrogen (secondary N) is 1. The lowest BCUT2D eigenvalue weighted by atomic mass is 10.2.